The van der Waals surface area contributed by atoms with Gasteiger partial charge in [0.15, 0.2) is 0 Å². The zero-order chi connectivity index (χ0) is 14.2. The second-order valence-corrected chi connectivity index (χ2v) is 4.05. The Kier molecular flexibility index (Phi) is 3.04. The first-order valence-corrected chi connectivity index (χ1v) is 5.44. The Morgan fingerprint density at radius 2 is 2.11 bits per heavy atom. The topological polar surface area (TPSA) is 98.3 Å². The van der Waals surface area contributed by atoms with Gasteiger partial charge in [0.05, 0.1) is 16.9 Å². The average molecular weight is 261 g/mol. The maximum atomic E-state index is 11.1. The summed E-state index contributed by atoms with van der Waals surface area (Å²) in [7, 11) is 0. The summed E-state index contributed by atoms with van der Waals surface area (Å²) >= 11 is 0. The van der Waals surface area contributed by atoms with Gasteiger partial charge in [-0.15, -0.1) is 0 Å². The number of hydrogen-bond donors (Lipinski definition) is 1. The Morgan fingerprint density at radius 3 is 2.58 bits per heavy atom. The molecule has 98 valence electrons. The summed E-state index contributed by atoms with van der Waals surface area (Å²) in [5.74, 6) is -1.33. The number of aryl methyl sites for hydroxylation is 1. The Labute approximate surface area is 108 Å². The first-order chi connectivity index (χ1) is 8.91. The summed E-state index contributed by atoms with van der Waals surface area (Å²) in [6.07, 6.45) is 1.55. The van der Waals surface area contributed by atoms with Crippen LogP contribution in [0.2, 0.25) is 0 Å². The first kappa shape index (κ1) is 12.7. The van der Waals surface area contributed by atoms with E-state index in [1.165, 1.54) is 18.2 Å². The zero-order valence-corrected chi connectivity index (χ0v) is 10.3. The van der Waals surface area contributed by atoms with Crippen LogP contribution in [0, 0.1) is 24.0 Å². The third-order valence-electron chi connectivity index (χ3n) is 2.94. The van der Waals surface area contributed by atoms with Gasteiger partial charge in [-0.1, -0.05) is 0 Å². The lowest BCUT2D eigenvalue weighted by atomic mass is 10.1. The van der Waals surface area contributed by atoms with E-state index >= 15 is 0 Å². The monoisotopic (exact) mass is 261 g/mol. The largest absolute Gasteiger partial charge is 0.477 e. The van der Waals surface area contributed by atoms with E-state index in [0.29, 0.717) is 5.69 Å². The highest BCUT2D eigenvalue weighted by molar-refractivity contribution is 5.93. The van der Waals surface area contributed by atoms with Crippen LogP contribution in [0.1, 0.15) is 21.7 Å². The van der Waals surface area contributed by atoms with Gasteiger partial charge < -0.3 is 9.67 Å². The number of carboxylic acid groups (broad SMARTS) is 1. The van der Waals surface area contributed by atoms with Gasteiger partial charge in [0.25, 0.3) is 5.69 Å². The maximum absolute atomic E-state index is 11.1. The van der Waals surface area contributed by atoms with E-state index in [1.54, 1.807) is 10.9 Å². The Bertz CT molecular complexity index is 676. The van der Waals surface area contributed by atoms with Gasteiger partial charge in [0.2, 0.25) is 0 Å². The fourth-order valence-electron chi connectivity index (χ4n) is 1.76. The number of nitro groups is 1. The van der Waals surface area contributed by atoms with Crippen molar-refractivity contribution in [1.29, 1.82) is 0 Å². The standard InChI is InChI=1S/C12H11N3O4/c1-7-8(2)14(6-13-7)9-3-4-11(15(18)19)10(5-9)12(16)17/h3-6H,1-2H3,(H,16,17). The minimum Gasteiger partial charge on any atom is -0.477 e. The molecule has 2 aromatic rings. The number of aromatic carboxylic acids is 1. The van der Waals surface area contributed by atoms with Crippen molar-refractivity contribution in [3.8, 4) is 5.69 Å². The van der Waals surface area contributed by atoms with Gasteiger partial charge >= 0.3 is 5.97 Å². The Balaban J connectivity index is 2.62. The molecule has 0 saturated heterocycles. The lowest BCUT2D eigenvalue weighted by molar-refractivity contribution is -0.385. The minimum atomic E-state index is -1.33. The van der Waals surface area contributed by atoms with Crippen LogP contribution in [-0.2, 0) is 0 Å². The number of benzene rings is 1. The van der Waals surface area contributed by atoms with Crippen molar-refractivity contribution >= 4 is 11.7 Å². The molecular formula is C12H11N3O4. The molecule has 0 atom stereocenters. The summed E-state index contributed by atoms with van der Waals surface area (Å²) in [6.45, 7) is 3.67. The van der Waals surface area contributed by atoms with Crippen molar-refractivity contribution in [1.82, 2.24) is 9.55 Å². The van der Waals surface area contributed by atoms with Crippen LogP contribution >= 0.6 is 0 Å². The number of carbonyl (C=O) groups is 1. The molecule has 0 aliphatic carbocycles. The van der Waals surface area contributed by atoms with Crippen molar-refractivity contribution < 1.29 is 14.8 Å². The second-order valence-electron chi connectivity index (χ2n) is 4.05. The highest BCUT2D eigenvalue weighted by Crippen LogP contribution is 2.23. The number of imidazole rings is 1. The summed E-state index contributed by atoms with van der Waals surface area (Å²) in [5, 5.41) is 19.8. The van der Waals surface area contributed by atoms with Crippen LogP contribution in [-0.4, -0.2) is 25.6 Å². The number of rotatable bonds is 3. The number of hydrogen-bond acceptors (Lipinski definition) is 4. The second kappa shape index (κ2) is 4.52. The summed E-state index contributed by atoms with van der Waals surface area (Å²) in [6, 6.07) is 3.96. The fourth-order valence-corrected chi connectivity index (χ4v) is 1.76. The molecule has 1 N–H and O–H groups in total. The summed E-state index contributed by atoms with van der Waals surface area (Å²) < 4.78 is 1.69. The van der Waals surface area contributed by atoms with Crippen LogP contribution in [0.15, 0.2) is 24.5 Å². The van der Waals surface area contributed by atoms with Gasteiger partial charge in [-0.3, -0.25) is 10.1 Å². The Hall–Kier alpha value is -2.70. The van der Waals surface area contributed by atoms with Crippen LogP contribution < -0.4 is 0 Å². The number of carboxylic acids is 1. The third kappa shape index (κ3) is 2.17. The van der Waals surface area contributed by atoms with E-state index in [1.807, 2.05) is 13.8 Å². The van der Waals surface area contributed by atoms with Crippen LogP contribution in [0.5, 0.6) is 0 Å². The molecule has 1 heterocycles. The SMILES string of the molecule is Cc1ncn(-c2ccc([N+](=O)[O-])c(C(=O)O)c2)c1C. The molecule has 0 unspecified atom stereocenters. The lowest BCUT2D eigenvalue weighted by Crippen LogP contribution is -2.05. The lowest BCUT2D eigenvalue weighted by Gasteiger charge is -2.07. The third-order valence-corrected chi connectivity index (χ3v) is 2.94. The zero-order valence-electron chi connectivity index (χ0n) is 10.3. The molecule has 7 heteroatoms. The van der Waals surface area contributed by atoms with E-state index in [-0.39, 0.29) is 5.56 Å². The van der Waals surface area contributed by atoms with Crippen molar-refractivity contribution in [3.05, 3.63) is 51.6 Å². The van der Waals surface area contributed by atoms with Crippen LogP contribution in [0.3, 0.4) is 0 Å². The molecule has 0 fully saturated rings. The van der Waals surface area contributed by atoms with Crippen molar-refractivity contribution in [3.63, 3.8) is 0 Å². The summed E-state index contributed by atoms with van der Waals surface area (Å²) in [4.78, 5) is 25.2. The number of nitro benzene ring substituents is 1. The molecule has 0 aliphatic rings. The number of nitrogens with zero attached hydrogens (tertiary/aromatic N) is 3. The number of aromatic nitrogens is 2. The van der Waals surface area contributed by atoms with Gasteiger partial charge in [-0.25, -0.2) is 9.78 Å². The molecule has 7 nitrogen and oxygen atoms in total. The smallest absolute Gasteiger partial charge is 0.342 e. The average Bonchev–Trinajstić information content (AvgIpc) is 2.69. The van der Waals surface area contributed by atoms with E-state index < -0.39 is 16.6 Å². The molecular weight excluding hydrogens is 250 g/mol. The molecule has 0 bridgehead atoms. The predicted octanol–water partition coefficient (Wildman–Crippen LogP) is 2.10. The molecule has 1 aromatic carbocycles. The Morgan fingerprint density at radius 1 is 1.42 bits per heavy atom. The normalized spacial score (nSPS) is 10.4. The maximum Gasteiger partial charge on any atom is 0.342 e. The fraction of sp³-hybridized carbons (Fsp3) is 0.167. The molecule has 19 heavy (non-hydrogen) atoms. The molecule has 0 amide bonds. The molecule has 0 spiro atoms. The molecule has 1 aromatic heterocycles. The van der Waals surface area contributed by atoms with Crippen molar-refractivity contribution in [2.45, 2.75) is 13.8 Å². The van der Waals surface area contributed by atoms with E-state index in [2.05, 4.69) is 4.98 Å². The van der Waals surface area contributed by atoms with Crippen molar-refractivity contribution in [2.24, 2.45) is 0 Å². The van der Waals surface area contributed by atoms with Crippen LogP contribution in [0.4, 0.5) is 5.69 Å². The van der Waals surface area contributed by atoms with Crippen molar-refractivity contribution in [2.75, 3.05) is 0 Å². The molecule has 0 radical (unpaired) electrons. The van der Waals surface area contributed by atoms with E-state index in [4.69, 9.17) is 5.11 Å². The van der Waals surface area contributed by atoms with Gasteiger partial charge in [0, 0.05) is 17.4 Å². The van der Waals surface area contributed by atoms with E-state index in [9.17, 15) is 14.9 Å². The quantitative estimate of drug-likeness (QED) is 0.673. The summed E-state index contributed by atoms with van der Waals surface area (Å²) in [5.41, 5.74) is 1.43. The minimum absolute atomic E-state index is 0.340. The van der Waals surface area contributed by atoms with Gasteiger partial charge in [-0.2, -0.15) is 0 Å². The highest BCUT2D eigenvalue weighted by atomic mass is 16.6. The predicted molar refractivity (Wildman–Crippen MR) is 66.7 cm³/mol. The van der Waals surface area contributed by atoms with E-state index in [0.717, 1.165) is 11.4 Å². The molecule has 0 saturated carbocycles. The first-order valence-electron chi connectivity index (χ1n) is 5.44. The molecule has 0 aliphatic heterocycles. The highest BCUT2D eigenvalue weighted by Gasteiger charge is 2.20. The van der Waals surface area contributed by atoms with Gasteiger partial charge in [0.1, 0.15) is 5.56 Å². The van der Waals surface area contributed by atoms with Crippen LogP contribution in [0.25, 0.3) is 5.69 Å². The molecule has 2 rings (SSSR count). The van der Waals surface area contributed by atoms with Gasteiger partial charge in [-0.05, 0) is 26.0 Å².